The van der Waals surface area contributed by atoms with Crippen LogP contribution >= 0.6 is 11.6 Å². The third-order valence-corrected chi connectivity index (χ3v) is 4.19. The van der Waals surface area contributed by atoms with E-state index >= 15 is 0 Å². The molecule has 1 aliphatic heterocycles. The molecule has 1 amide bonds. The molecule has 1 saturated heterocycles. The molecule has 1 heterocycles. The number of rotatable bonds is 6. The highest BCUT2D eigenvalue weighted by molar-refractivity contribution is 6.31. The molecule has 0 bridgehead atoms. The number of nitrogens with two attached hydrogens (primary N) is 1. The summed E-state index contributed by atoms with van der Waals surface area (Å²) >= 11 is 6.05. The highest BCUT2D eigenvalue weighted by Crippen LogP contribution is 2.22. The molecule has 1 aromatic rings. The Balaban J connectivity index is 2.00. The summed E-state index contributed by atoms with van der Waals surface area (Å²) in [5.41, 5.74) is 6.01. The molecule has 0 aliphatic carbocycles. The zero-order valence-corrected chi connectivity index (χ0v) is 12.5. The van der Waals surface area contributed by atoms with Gasteiger partial charge in [-0.25, -0.2) is 4.39 Å². The molecule has 0 aromatic heterocycles. The Bertz CT molecular complexity index is 493. The molecule has 1 fully saturated rings. The minimum atomic E-state index is -0.343. The maximum atomic E-state index is 13.3. The summed E-state index contributed by atoms with van der Waals surface area (Å²) < 4.78 is 18.6. The third-order valence-electron chi connectivity index (χ3n) is 3.82. The lowest BCUT2D eigenvalue weighted by Crippen LogP contribution is -2.41. The van der Waals surface area contributed by atoms with Gasteiger partial charge in [0.2, 0.25) is 5.91 Å². The van der Waals surface area contributed by atoms with E-state index < -0.39 is 0 Å². The van der Waals surface area contributed by atoms with Crippen LogP contribution in [0.25, 0.3) is 0 Å². The minimum absolute atomic E-state index is 0.0364. The standard InChI is InChI=1S/C15H20ClFN2O2/c16-13-2-1-12(17)7-11(13)9-19-14(8-15(18)20)10-3-5-21-6-4-10/h1-2,7,10,14,19H,3-6,8-9H2,(H2,18,20)/t14-/m0/s1. The van der Waals surface area contributed by atoms with Crippen LogP contribution in [0.5, 0.6) is 0 Å². The van der Waals surface area contributed by atoms with Crippen LogP contribution in [-0.2, 0) is 16.1 Å². The Morgan fingerprint density at radius 1 is 1.48 bits per heavy atom. The average molecular weight is 315 g/mol. The summed E-state index contributed by atoms with van der Waals surface area (Å²) in [4.78, 5) is 11.2. The van der Waals surface area contributed by atoms with Crippen molar-refractivity contribution in [2.45, 2.75) is 31.8 Å². The normalized spacial score (nSPS) is 17.6. The molecule has 1 aromatic carbocycles. The van der Waals surface area contributed by atoms with Crippen molar-refractivity contribution in [3.05, 3.63) is 34.6 Å². The lowest BCUT2D eigenvalue weighted by atomic mass is 9.89. The first kappa shape index (κ1) is 16.2. The van der Waals surface area contributed by atoms with Crippen LogP contribution in [0.1, 0.15) is 24.8 Å². The topological polar surface area (TPSA) is 64.4 Å². The molecular weight excluding hydrogens is 295 g/mol. The van der Waals surface area contributed by atoms with Gasteiger partial charge in [-0.2, -0.15) is 0 Å². The summed E-state index contributed by atoms with van der Waals surface area (Å²) in [5.74, 6) is -0.336. The van der Waals surface area contributed by atoms with E-state index in [1.807, 2.05) is 0 Å². The van der Waals surface area contributed by atoms with Gasteiger partial charge < -0.3 is 15.8 Å². The summed E-state index contributed by atoms with van der Waals surface area (Å²) in [7, 11) is 0. The van der Waals surface area contributed by atoms with Gasteiger partial charge in [0.1, 0.15) is 5.82 Å². The van der Waals surface area contributed by atoms with Crippen LogP contribution in [0, 0.1) is 11.7 Å². The van der Waals surface area contributed by atoms with Crippen LogP contribution in [0.4, 0.5) is 4.39 Å². The van der Waals surface area contributed by atoms with Gasteiger partial charge in [0.15, 0.2) is 0 Å². The first-order valence-electron chi connectivity index (χ1n) is 7.09. The maximum Gasteiger partial charge on any atom is 0.218 e. The van der Waals surface area contributed by atoms with Crippen molar-refractivity contribution < 1.29 is 13.9 Å². The number of amides is 1. The predicted molar refractivity (Wildman–Crippen MR) is 79.4 cm³/mol. The summed E-state index contributed by atoms with van der Waals surface area (Å²) in [5, 5.41) is 3.81. The zero-order valence-electron chi connectivity index (χ0n) is 11.8. The molecule has 1 atom stereocenters. The van der Waals surface area contributed by atoms with E-state index in [1.54, 1.807) is 0 Å². The Morgan fingerprint density at radius 2 is 2.19 bits per heavy atom. The fraction of sp³-hybridized carbons (Fsp3) is 0.533. The minimum Gasteiger partial charge on any atom is -0.381 e. The number of carbonyl (C=O) groups excluding carboxylic acids is 1. The molecule has 6 heteroatoms. The van der Waals surface area contributed by atoms with Crippen molar-refractivity contribution in [2.24, 2.45) is 11.7 Å². The van der Waals surface area contributed by atoms with E-state index in [9.17, 15) is 9.18 Å². The molecule has 21 heavy (non-hydrogen) atoms. The SMILES string of the molecule is NC(=O)C[C@H](NCc1cc(F)ccc1Cl)C1CCOCC1. The fourth-order valence-electron chi connectivity index (χ4n) is 2.66. The van der Waals surface area contributed by atoms with Gasteiger partial charge in [-0.1, -0.05) is 11.6 Å². The molecule has 0 unspecified atom stereocenters. The Morgan fingerprint density at radius 3 is 2.86 bits per heavy atom. The van der Waals surface area contributed by atoms with Gasteiger partial charge >= 0.3 is 0 Å². The number of hydrogen-bond acceptors (Lipinski definition) is 3. The van der Waals surface area contributed by atoms with Crippen molar-refractivity contribution in [3.8, 4) is 0 Å². The van der Waals surface area contributed by atoms with E-state index in [0.29, 0.717) is 36.3 Å². The van der Waals surface area contributed by atoms with Gasteiger partial charge in [0.05, 0.1) is 0 Å². The fourth-order valence-corrected chi connectivity index (χ4v) is 2.84. The second-order valence-corrected chi connectivity index (χ2v) is 5.75. The van der Waals surface area contributed by atoms with Crippen molar-refractivity contribution in [3.63, 3.8) is 0 Å². The van der Waals surface area contributed by atoms with Gasteiger partial charge in [-0.05, 0) is 42.5 Å². The molecule has 0 spiro atoms. The number of benzene rings is 1. The lowest BCUT2D eigenvalue weighted by Gasteiger charge is -2.30. The van der Waals surface area contributed by atoms with Gasteiger partial charge in [-0.3, -0.25) is 4.79 Å². The smallest absolute Gasteiger partial charge is 0.218 e. The molecule has 1 aliphatic rings. The first-order valence-corrected chi connectivity index (χ1v) is 7.47. The summed E-state index contributed by atoms with van der Waals surface area (Å²) in [6.07, 6.45) is 2.04. The molecule has 0 radical (unpaired) electrons. The van der Waals surface area contributed by atoms with Gasteiger partial charge in [0, 0.05) is 37.2 Å². The lowest BCUT2D eigenvalue weighted by molar-refractivity contribution is -0.119. The van der Waals surface area contributed by atoms with Crippen LogP contribution in [0.15, 0.2) is 18.2 Å². The highest BCUT2D eigenvalue weighted by Gasteiger charge is 2.25. The number of carbonyl (C=O) groups is 1. The number of ether oxygens (including phenoxy) is 1. The summed E-state index contributed by atoms with van der Waals surface area (Å²) in [6, 6.07) is 4.22. The van der Waals surface area contributed by atoms with Crippen molar-refractivity contribution >= 4 is 17.5 Å². The number of primary amides is 1. The van der Waals surface area contributed by atoms with Crippen LogP contribution in [-0.4, -0.2) is 25.2 Å². The zero-order chi connectivity index (χ0) is 15.2. The van der Waals surface area contributed by atoms with E-state index in [2.05, 4.69) is 5.32 Å². The molecular formula is C15H20ClFN2O2. The largest absolute Gasteiger partial charge is 0.381 e. The first-order chi connectivity index (χ1) is 10.1. The van der Waals surface area contributed by atoms with E-state index in [4.69, 9.17) is 22.1 Å². The molecule has 116 valence electrons. The maximum absolute atomic E-state index is 13.3. The van der Waals surface area contributed by atoms with Crippen LogP contribution in [0.2, 0.25) is 5.02 Å². The number of nitrogens with one attached hydrogen (secondary N) is 1. The summed E-state index contributed by atoms with van der Waals surface area (Å²) in [6.45, 7) is 1.80. The van der Waals surface area contributed by atoms with Crippen molar-refractivity contribution in [1.82, 2.24) is 5.32 Å². The monoisotopic (exact) mass is 314 g/mol. The Hall–Kier alpha value is -1.17. The van der Waals surface area contributed by atoms with Crippen LogP contribution < -0.4 is 11.1 Å². The van der Waals surface area contributed by atoms with Crippen molar-refractivity contribution in [2.75, 3.05) is 13.2 Å². The molecule has 0 saturated carbocycles. The van der Waals surface area contributed by atoms with Gasteiger partial charge in [0.25, 0.3) is 0 Å². The average Bonchev–Trinajstić information content (AvgIpc) is 2.47. The second kappa shape index (κ2) is 7.73. The Labute approximate surface area is 128 Å². The van der Waals surface area contributed by atoms with Gasteiger partial charge in [-0.15, -0.1) is 0 Å². The molecule has 3 N–H and O–H groups in total. The number of hydrogen-bond donors (Lipinski definition) is 2. The van der Waals surface area contributed by atoms with E-state index in [-0.39, 0.29) is 24.2 Å². The third kappa shape index (κ3) is 4.95. The van der Waals surface area contributed by atoms with Crippen molar-refractivity contribution in [1.29, 1.82) is 0 Å². The predicted octanol–water partition coefficient (Wildman–Crippen LogP) is 2.24. The van der Waals surface area contributed by atoms with Crippen LogP contribution in [0.3, 0.4) is 0 Å². The molecule has 4 nitrogen and oxygen atoms in total. The quantitative estimate of drug-likeness (QED) is 0.846. The van der Waals surface area contributed by atoms with E-state index in [1.165, 1.54) is 18.2 Å². The highest BCUT2D eigenvalue weighted by atomic mass is 35.5. The molecule has 2 rings (SSSR count). The second-order valence-electron chi connectivity index (χ2n) is 5.34. The Kier molecular flexibility index (Phi) is 5.96. The van der Waals surface area contributed by atoms with E-state index in [0.717, 1.165) is 12.8 Å². The number of halogens is 2.